The molecule has 0 bridgehead atoms. The number of nitrogens with zero attached hydrogens (tertiary/aromatic N) is 2. The van der Waals surface area contributed by atoms with E-state index < -0.39 is 22.0 Å². The molecule has 1 N–H and O–H groups in total. The molecule has 1 aliphatic rings. The van der Waals surface area contributed by atoms with Gasteiger partial charge >= 0.3 is 5.97 Å². The molecule has 1 saturated heterocycles. The number of esters is 1. The molecule has 0 aliphatic carbocycles. The molecule has 0 saturated carbocycles. The van der Waals surface area contributed by atoms with Gasteiger partial charge in [0, 0.05) is 37.1 Å². The molecule has 2 heterocycles. The first-order chi connectivity index (χ1) is 12.4. The summed E-state index contributed by atoms with van der Waals surface area (Å²) >= 11 is 6.04. The largest absolute Gasteiger partial charge is 0.465 e. The third-order valence-electron chi connectivity index (χ3n) is 4.16. The van der Waals surface area contributed by atoms with Crippen LogP contribution in [0.2, 0.25) is 5.02 Å². The summed E-state index contributed by atoms with van der Waals surface area (Å²) in [7, 11) is -2.64. The van der Waals surface area contributed by atoms with Crippen molar-refractivity contribution >= 4 is 40.0 Å². The molecule has 27 heavy (non-hydrogen) atoms. The van der Waals surface area contributed by atoms with E-state index in [4.69, 9.17) is 11.6 Å². The van der Waals surface area contributed by atoms with Crippen molar-refractivity contribution in [2.45, 2.75) is 10.9 Å². The van der Waals surface area contributed by atoms with E-state index in [-0.39, 0.29) is 27.9 Å². The van der Waals surface area contributed by atoms with Gasteiger partial charge in [-0.3, -0.25) is 4.98 Å². The Morgan fingerprint density at radius 2 is 2.15 bits per heavy atom. The number of sulfonamides is 1. The molecule has 1 aliphatic heterocycles. The number of carbonyl (C=O) groups is 1. The molecule has 7 nitrogen and oxygen atoms in total. The molecule has 1 fully saturated rings. The van der Waals surface area contributed by atoms with Gasteiger partial charge in [-0.25, -0.2) is 13.2 Å². The van der Waals surface area contributed by atoms with E-state index in [1.807, 2.05) is 6.07 Å². The van der Waals surface area contributed by atoms with Crippen LogP contribution in [0.5, 0.6) is 0 Å². The van der Waals surface area contributed by atoms with Crippen LogP contribution in [0.3, 0.4) is 0 Å². The van der Waals surface area contributed by atoms with Crippen molar-refractivity contribution in [2.75, 3.05) is 26.7 Å². The maximum Gasteiger partial charge on any atom is 0.337 e. The second kappa shape index (κ2) is 8.99. The maximum absolute atomic E-state index is 13.3. The topological polar surface area (TPSA) is 88.6 Å². The zero-order valence-electron chi connectivity index (χ0n) is 14.5. The van der Waals surface area contributed by atoms with Crippen LogP contribution in [0.4, 0.5) is 0 Å². The summed E-state index contributed by atoms with van der Waals surface area (Å²) in [6.07, 6.45) is 3.29. The average Bonchev–Trinajstić information content (AvgIpc) is 2.67. The molecule has 1 atom stereocenters. The van der Waals surface area contributed by atoms with E-state index in [0.29, 0.717) is 19.6 Å². The van der Waals surface area contributed by atoms with Crippen LogP contribution in [0.15, 0.2) is 47.6 Å². The SMILES string of the molecule is COC(=O)c1cc(Cl)cc(S(=O)(=O)N2CCNCC2c2cccnc2)c1.Cl. The summed E-state index contributed by atoms with van der Waals surface area (Å²) in [6.45, 7) is 1.29. The lowest BCUT2D eigenvalue weighted by molar-refractivity contribution is 0.0600. The highest BCUT2D eigenvalue weighted by atomic mass is 35.5. The van der Waals surface area contributed by atoms with Gasteiger partial charge in [0.2, 0.25) is 10.0 Å². The Bertz CT molecular complexity index is 910. The molecule has 1 aromatic carbocycles. The Labute approximate surface area is 169 Å². The minimum absolute atomic E-state index is 0. The predicted octanol–water partition coefficient (Wildman–Crippen LogP) is 2.28. The fraction of sp³-hybridized carbons (Fsp3) is 0.294. The maximum atomic E-state index is 13.3. The first kappa shape index (κ1) is 21.6. The molecule has 1 unspecified atom stereocenters. The third-order valence-corrected chi connectivity index (χ3v) is 6.27. The summed E-state index contributed by atoms with van der Waals surface area (Å²) in [5, 5.41) is 3.36. The van der Waals surface area contributed by atoms with E-state index in [2.05, 4.69) is 15.0 Å². The van der Waals surface area contributed by atoms with Gasteiger partial charge in [0.25, 0.3) is 0 Å². The Balaban J connectivity index is 0.00000261. The van der Waals surface area contributed by atoms with E-state index in [1.165, 1.54) is 29.6 Å². The molecule has 3 rings (SSSR count). The highest BCUT2D eigenvalue weighted by Gasteiger charge is 2.35. The van der Waals surface area contributed by atoms with Crippen molar-refractivity contribution in [1.82, 2.24) is 14.6 Å². The highest BCUT2D eigenvalue weighted by Crippen LogP contribution is 2.30. The quantitative estimate of drug-likeness (QED) is 0.746. The number of aromatic nitrogens is 1. The zero-order chi connectivity index (χ0) is 18.7. The molecular formula is C17H19Cl2N3O4S. The van der Waals surface area contributed by atoms with Crippen LogP contribution in [0.25, 0.3) is 0 Å². The molecule has 1 aromatic heterocycles. The lowest BCUT2D eigenvalue weighted by Gasteiger charge is -2.35. The van der Waals surface area contributed by atoms with Crippen LogP contribution < -0.4 is 5.32 Å². The standard InChI is InChI=1S/C17H18ClN3O4S.ClH/c1-25-17(22)13-7-14(18)9-15(8-13)26(23,24)21-6-5-20-11-16(21)12-3-2-4-19-10-12;/h2-4,7-10,16,20H,5-6,11H2,1H3;1H. The minimum Gasteiger partial charge on any atom is -0.465 e. The summed E-state index contributed by atoms with van der Waals surface area (Å²) in [4.78, 5) is 15.8. The predicted molar refractivity (Wildman–Crippen MR) is 104 cm³/mol. The monoisotopic (exact) mass is 431 g/mol. The van der Waals surface area contributed by atoms with E-state index in [0.717, 1.165) is 5.56 Å². The van der Waals surface area contributed by atoms with Crippen LogP contribution >= 0.6 is 24.0 Å². The zero-order valence-corrected chi connectivity index (χ0v) is 16.9. The van der Waals surface area contributed by atoms with Crippen molar-refractivity contribution in [1.29, 1.82) is 0 Å². The molecule has 0 radical (unpaired) electrons. The number of nitrogens with one attached hydrogen (secondary N) is 1. The molecule has 2 aromatic rings. The first-order valence-electron chi connectivity index (χ1n) is 7.95. The van der Waals surface area contributed by atoms with Gasteiger partial charge in [0.15, 0.2) is 0 Å². The number of halogens is 2. The number of benzene rings is 1. The van der Waals surface area contributed by atoms with Crippen molar-refractivity contribution < 1.29 is 17.9 Å². The Morgan fingerprint density at radius 1 is 1.37 bits per heavy atom. The summed E-state index contributed by atoms with van der Waals surface area (Å²) < 4.78 is 32.6. The summed E-state index contributed by atoms with van der Waals surface area (Å²) in [5.74, 6) is -0.645. The Kier molecular flexibility index (Phi) is 7.19. The lowest BCUT2D eigenvalue weighted by Crippen LogP contribution is -2.48. The van der Waals surface area contributed by atoms with Crippen LogP contribution in [0.1, 0.15) is 22.0 Å². The molecular weight excluding hydrogens is 413 g/mol. The highest BCUT2D eigenvalue weighted by molar-refractivity contribution is 7.89. The summed E-state index contributed by atoms with van der Waals surface area (Å²) in [5.41, 5.74) is 0.880. The lowest BCUT2D eigenvalue weighted by atomic mass is 10.1. The van der Waals surface area contributed by atoms with Gasteiger partial charge in [-0.2, -0.15) is 4.31 Å². The number of carbonyl (C=O) groups excluding carboxylic acids is 1. The minimum atomic E-state index is -3.87. The van der Waals surface area contributed by atoms with Gasteiger partial charge < -0.3 is 10.1 Å². The van der Waals surface area contributed by atoms with Crippen molar-refractivity contribution in [3.05, 3.63) is 58.9 Å². The van der Waals surface area contributed by atoms with E-state index in [1.54, 1.807) is 18.5 Å². The number of pyridine rings is 1. The number of ether oxygens (including phenoxy) is 1. The average molecular weight is 432 g/mol. The fourth-order valence-electron chi connectivity index (χ4n) is 2.91. The number of piperazine rings is 1. The molecule has 10 heteroatoms. The van der Waals surface area contributed by atoms with Gasteiger partial charge in [0.1, 0.15) is 0 Å². The van der Waals surface area contributed by atoms with Gasteiger partial charge in [0.05, 0.1) is 23.6 Å². The number of rotatable bonds is 4. The molecule has 146 valence electrons. The third kappa shape index (κ3) is 4.59. The Hall–Kier alpha value is -1.71. The molecule has 0 spiro atoms. The number of hydrogen-bond donors (Lipinski definition) is 1. The van der Waals surface area contributed by atoms with Gasteiger partial charge in [-0.1, -0.05) is 17.7 Å². The summed E-state index contributed by atoms with van der Waals surface area (Å²) in [6, 6.07) is 7.21. The Morgan fingerprint density at radius 3 is 2.81 bits per heavy atom. The van der Waals surface area contributed by atoms with Crippen LogP contribution in [0, 0.1) is 0 Å². The fourth-order valence-corrected chi connectivity index (χ4v) is 4.90. The van der Waals surface area contributed by atoms with Gasteiger partial charge in [-0.05, 0) is 29.8 Å². The normalized spacial score (nSPS) is 17.8. The first-order valence-corrected chi connectivity index (χ1v) is 9.76. The number of methoxy groups -OCH3 is 1. The second-order valence-corrected chi connectivity index (χ2v) is 8.12. The van der Waals surface area contributed by atoms with Crippen LogP contribution in [-0.4, -0.2) is 50.4 Å². The van der Waals surface area contributed by atoms with Crippen molar-refractivity contribution in [3.63, 3.8) is 0 Å². The van der Waals surface area contributed by atoms with Gasteiger partial charge in [-0.15, -0.1) is 12.4 Å². The second-order valence-electron chi connectivity index (χ2n) is 5.79. The molecule has 0 amide bonds. The van der Waals surface area contributed by atoms with E-state index in [9.17, 15) is 13.2 Å². The smallest absolute Gasteiger partial charge is 0.337 e. The van der Waals surface area contributed by atoms with Crippen molar-refractivity contribution in [3.8, 4) is 0 Å². The van der Waals surface area contributed by atoms with Crippen LogP contribution in [-0.2, 0) is 14.8 Å². The number of hydrogen-bond acceptors (Lipinski definition) is 6. The van der Waals surface area contributed by atoms with Crippen molar-refractivity contribution in [2.24, 2.45) is 0 Å². The van der Waals surface area contributed by atoms with E-state index >= 15 is 0 Å².